The fraction of sp³-hybridized carbons (Fsp3) is 0.0714. The first-order valence-electron chi connectivity index (χ1n) is 5.75. The van der Waals surface area contributed by atoms with Crippen molar-refractivity contribution in [2.24, 2.45) is 5.73 Å². The summed E-state index contributed by atoms with van der Waals surface area (Å²) in [4.78, 5) is 26.5. The smallest absolute Gasteiger partial charge is 0.274 e. The van der Waals surface area contributed by atoms with E-state index in [9.17, 15) is 9.59 Å². The third kappa shape index (κ3) is 3.64. The van der Waals surface area contributed by atoms with Crippen LogP contribution in [0.15, 0.2) is 48.7 Å². The molecule has 1 heterocycles. The van der Waals surface area contributed by atoms with Crippen LogP contribution in [0.25, 0.3) is 0 Å². The zero-order chi connectivity index (χ0) is 13.7. The van der Waals surface area contributed by atoms with E-state index in [-0.39, 0.29) is 18.2 Å². The molecule has 19 heavy (non-hydrogen) atoms. The molecule has 3 N–H and O–H groups in total. The summed E-state index contributed by atoms with van der Waals surface area (Å²) in [7, 11) is 0. The van der Waals surface area contributed by atoms with Crippen molar-refractivity contribution >= 4 is 17.5 Å². The standard InChI is InChI=1S/C14H13N3O2/c15-13(18)9-10-4-6-11(7-5-10)17-14(19)12-3-1-2-8-16-12/h1-8H,9H2,(H2,15,18)(H,17,19). The second-order valence-corrected chi connectivity index (χ2v) is 4.01. The molecule has 0 radical (unpaired) electrons. The molecule has 5 heteroatoms. The van der Waals surface area contributed by atoms with Crippen LogP contribution in [0.3, 0.4) is 0 Å². The Bertz CT molecular complexity index is 579. The maximum Gasteiger partial charge on any atom is 0.274 e. The highest BCUT2D eigenvalue weighted by Crippen LogP contribution is 2.11. The number of hydrogen-bond donors (Lipinski definition) is 2. The first-order chi connectivity index (χ1) is 9.15. The number of nitrogens with one attached hydrogen (secondary N) is 1. The molecule has 0 fully saturated rings. The van der Waals surface area contributed by atoms with Crippen molar-refractivity contribution in [3.63, 3.8) is 0 Å². The van der Waals surface area contributed by atoms with Crippen LogP contribution in [-0.2, 0) is 11.2 Å². The summed E-state index contributed by atoms with van der Waals surface area (Å²) in [6, 6.07) is 12.1. The quantitative estimate of drug-likeness (QED) is 0.865. The van der Waals surface area contributed by atoms with E-state index in [1.807, 2.05) is 0 Å². The zero-order valence-electron chi connectivity index (χ0n) is 10.2. The largest absolute Gasteiger partial charge is 0.369 e. The van der Waals surface area contributed by atoms with Crippen molar-refractivity contribution in [2.45, 2.75) is 6.42 Å². The van der Waals surface area contributed by atoms with Crippen LogP contribution >= 0.6 is 0 Å². The Hall–Kier alpha value is -2.69. The van der Waals surface area contributed by atoms with Crippen LogP contribution in [0.5, 0.6) is 0 Å². The second kappa shape index (κ2) is 5.77. The molecular weight excluding hydrogens is 242 g/mol. The van der Waals surface area contributed by atoms with E-state index in [4.69, 9.17) is 5.73 Å². The molecule has 0 unspecified atom stereocenters. The Labute approximate surface area is 110 Å². The van der Waals surface area contributed by atoms with Gasteiger partial charge in [0.25, 0.3) is 5.91 Å². The van der Waals surface area contributed by atoms with Gasteiger partial charge in [-0.2, -0.15) is 0 Å². The van der Waals surface area contributed by atoms with Gasteiger partial charge in [-0.25, -0.2) is 0 Å². The van der Waals surface area contributed by atoms with Gasteiger partial charge in [0.2, 0.25) is 5.91 Å². The van der Waals surface area contributed by atoms with Crippen molar-refractivity contribution in [3.05, 3.63) is 59.9 Å². The average Bonchev–Trinajstić information content (AvgIpc) is 2.41. The minimum absolute atomic E-state index is 0.189. The lowest BCUT2D eigenvalue weighted by Gasteiger charge is -2.05. The average molecular weight is 255 g/mol. The van der Waals surface area contributed by atoms with Crippen molar-refractivity contribution in [1.82, 2.24) is 4.98 Å². The summed E-state index contributed by atoms with van der Waals surface area (Å²) in [6.45, 7) is 0. The van der Waals surface area contributed by atoms with Crippen LogP contribution in [0.2, 0.25) is 0 Å². The molecule has 2 amide bonds. The summed E-state index contributed by atoms with van der Waals surface area (Å²) in [5, 5.41) is 2.72. The van der Waals surface area contributed by atoms with Gasteiger partial charge in [0, 0.05) is 11.9 Å². The zero-order valence-corrected chi connectivity index (χ0v) is 10.2. The maximum absolute atomic E-state index is 11.8. The topological polar surface area (TPSA) is 85.1 Å². The van der Waals surface area contributed by atoms with E-state index < -0.39 is 0 Å². The van der Waals surface area contributed by atoms with Gasteiger partial charge in [0.1, 0.15) is 5.69 Å². The number of anilines is 1. The molecule has 0 bridgehead atoms. The summed E-state index contributed by atoms with van der Waals surface area (Å²) in [6.07, 6.45) is 1.75. The number of aromatic nitrogens is 1. The number of nitrogens with two attached hydrogens (primary N) is 1. The molecule has 0 saturated carbocycles. The number of hydrogen-bond acceptors (Lipinski definition) is 3. The number of nitrogens with zero attached hydrogens (tertiary/aromatic N) is 1. The van der Waals surface area contributed by atoms with Gasteiger partial charge >= 0.3 is 0 Å². The molecule has 1 aromatic carbocycles. The normalized spacial score (nSPS) is 9.89. The van der Waals surface area contributed by atoms with Crippen molar-refractivity contribution in [2.75, 3.05) is 5.32 Å². The molecule has 2 rings (SSSR count). The SMILES string of the molecule is NC(=O)Cc1ccc(NC(=O)c2ccccn2)cc1. The van der Waals surface area contributed by atoms with Gasteiger partial charge in [-0.05, 0) is 29.8 Å². The molecule has 0 aliphatic rings. The molecule has 0 saturated heterocycles. The Kier molecular flexibility index (Phi) is 3.87. The first-order valence-corrected chi connectivity index (χ1v) is 5.75. The molecule has 0 atom stereocenters. The van der Waals surface area contributed by atoms with Gasteiger partial charge < -0.3 is 11.1 Å². The van der Waals surface area contributed by atoms with E-state index in [2.05, 4.69) is 10.3 Å². The molecule has 0 spiro atoms. The first kappa shape index (κ1) is 12.8. The lowest BCUT2D eigenvalue weighted by Crippen LogP contribution is -2.14. The van der Waals surface area contributed by atoms with Gasteiger partial charge in [-0.1, -0.05) is 18.2 Å². The number of rotatable bonds is 4. The summed E-state index contributed by atoms with van der Waals surface area (Å²) >= 11 is 0. The van der Waals surface area contributed by atoms with Crippen molar-refractivity contribution < 1.29 is 9.59 Å². The van der Waals surface area contributed by atoms with Crippen LogP contribution in [-0.4, -0.2) is 16.8 Å². The Balaban J connectivity index is 2.04. The number of carbonyl (C=O) groups is 2. The Morgan fingerprint density at radius 3 is 2.42 bits per heavy atom. The van der Waals surface area contributed by atoms with Crippen LogP contribution < -0.4 is 11.1 Å². The second-order valence-electron chi connectivity index (χ2n) is 4.01. The Morgan fingerprint density at radius 1 is 1.11 bits per heavy atom. The van der Waals surface area contributed by atoms with Crippen molar-refractivity contribution in [1.29, 1.82) is 0 Å². The van der Waals surface area contributed by atoms with Crippen molar-refractivity contribution in [3.8, 4) is 0 Å². The number of primary amides is 1. The molecule has 2 aromatic rings. The molecule has 5 nitrogen and oxygen atoms in total. The van der Waals surface area contributed by atoms with Gasteiger partial charge in [-0.3, -0.25) is 14.6 Å². The fourth-order valence-corrected chi connectivity index (χ4v) is 1.60. The minimum Gasteiger partial charge on any atom is -0.369 e. The molecular formula is C14H13N3O2. The van der Waals surface area contributed by atoms with Crippen LogP contribution in [0.4, 0.5) is 5.69 Å². The van der Waals surface area contributed by atoms with Gasteiger partial charge in [0.15, 0.2) is 0 Å². The van der Waals surface area contributed by atoms with E-state index in [0.717, 1.165) is 5.56 Å². The van der Waals surface area contributed by atoms with E-state index in [0.29, 0.717) is 11.4 Å². The molecule has 1 aromatic heterocycles. The Morgan fingerprint density at radius 2 is 1.84 bits per heavy atom. The monoisotopic (exact) mass is 255 g/mol. The maximum atomic E-state index is 11.8. The predicted molar refractivity (Wildman–Crippen MR) is 71.5 cm³/mol. The minimum atomic E-state index is -0.384. The predicted octanol–water partition coefficient (Wildman–Crippen LogP) is 1.36. The highest BCUT2D eigenvalue weighted by atomic mass is 16.2. The summed E-state index contributed by atoms with van der Waals surface area (Å²) in [5.74, 6) is -0.659. The number of pyridine rings is 1. The van der Waals surface area contributed by atoms with Gasteiger partial charge in [-0.15, -0.1) is 0 Å². The molecule has 96 valence electrons. The number of benzene rings is 1. The number of amides is 2. The van der Waals surface area contributed by atoms with E-state index in [1.54, 1.807) is 48.7 Å². The summed E-state index contributed by atoms with van der Waals surface area (Å²) < 4.78 is 0. The van der Waals surface area contributed by atoms with E-state index >= 15 is 0 Å². The number of carbonyl (C=O) groups excluding carboxylic acids is 2. The van der Waals surface area contributed by atoms with Crippen LogP contribution in [0, 0.1) is 0 Å². The third-order valence-electron chi connectivity index (χ3n) is 2.49. The lowest BCUT2D eigenvalue weighted by molar-refractivity contribution is -0.117. The van der Waals surface area contributed by atoms with Crippen LogP contribution in [0.1, 0.15) is 16.1 Å². The summed E-state index contributed by atoms with van der Waals surface area (Å²) in [5.41, 5.74) is 6.90. The third-order valence-corrected chi connectivity index (χ3v) is 2.49. The lowest BCUT2D eigenvalue weighted by atomic mass is 10.1. The highest BCUT2D eigenvalue weighted by molar-refractivity contribution is 6.02. The molecule has 0 aliphatic heterocycles. The highest BCUT2D eigenvalue weighted by Gasteiger charge is 2.06. The molecule has 0 aliphatic carbocycles. The van der Waals surface area contributed by atoms with Gasteiger partial charge in [0.05, 0.1) is 6.42 Å². The fourth-order valence-electron chi connectivity index (χ4n) is 1.60. The van der Waals surface area contributed by atoms with E-state index in [1.165, 1.54) is 0 Å².